The molecule has 10 aromatic rings. The first-order chi connectivity index (χ1) is 14.5. The van der Waals surface area contributed by atoms with Crippen LogP contribution in [-0.4, -0.2) is 0 Å². The van der Waals surface area contributed by atoms with E-state index in [0.29, 0.717) is 32.3 Å². The standard InChI is InChI=1S/C24H8O6/c25-21-12-4-1-9-10-2-6-15(23(27)29-21)20-16-8-5-13(18(10)20)19-14(22(26)30-24(16)28)7-3-11(12)17(9)19/h1-8H. The maximum atomic E-state index is 13.0. The van der Waals surface area contributed by atoms with Crippen molar-refractivity contribution in [3.8, 4) is 0 Å². The predicted molar refractivity (Wildman–Crippen MR) is 115 cm³/mol. The molecule has 0 spiro atoms. The summed E-state index contributed by atoms with van der Waals surface area (Å²) in [5, 5.41) is 5.79. The molecule has 140 valence electrons. The third-order valence-electron chi connectivity index (χ3n) is 6.15. The average Bonchev–Trinajstić information content (AvgIpc) is 2.77. The summed E-state index contributed by atoms with van der Waals surface area (Å²) in [6.07, 6.45) is 0. The van der Waals surface area contributed by atoms with Crippen molar-refractivity contribution >= 4 is 64.6 Å². The van der Waals surface area contributed by atoms with Crippen LogP contribution in [0.2, 0.25) is 0 Å². The van der Waals surface area contributed by atoms with Gasteiger partial charge in [0, 0.05) is 10.8 Å². The van der Waals surface area contributed by atoms with Gasteiger partial charge in [-0.1, -0.05) is 24.3 Å². The second kappa shape index (κ2) is 4.80. The van der Waals surface area contributed by atoms with Crippen molar-refractivity contribution < 1.29 is 8.83 Å². The fourth-order valence-electron chi connectivity index (χ4n) is 4.96. The zero-order valence-corrected chi connectivity index (χ0v) is 15.1. The van der Waals surface area contributed by atoms with Crippen LogP contribution >= 0.6 is 0 Å². The Balaban J connectivity index is 2.23. The summed E-state index contributed by atoms with van der Waals surface area (Å²) in [7, 11) is 0. The van der Waals surface area contributed by atoms with Crippen LogP contribution in [0.3, 0.4) is 0 Å². The van der Waals surface area contributed by atoms with Crippen LogP contribution in [-0.2, 0) is 0 Å². The summed E-state index contributed by atoms with van der Waals surface area (Å²) < 4.78 is 10.3. The first-order valence-electron chi connectivity index (χ1n) is 9.28. The lowest BCUT2D eigenvalue weighted by Gasteiger charge is -2.14. The first kappa shape index (κ1) is 15.6. The molecule has 0 aliphatic carbocycles. The molecular formula is C24H8O6. The third kappa shape index (κ3) is 1.58. The van der Waals surface area contributed by atoms with E-state index in [1.807, 2.05) is 0 Å². The minimum atomic E-state index is -0.860. The normalized spacial score (nSPS) is 12.5. The molecule has 5 aromatic carbocycles. The van der Waals surface area contributed by atoms with E-state index in [2.05, 4.69) is 0 Å². The highest BCUT2D eigenvalue weighted by atomic mass is 16.4. The molecule has 30 heavy (non-hydrogen) atoms. The Labute approximate surface area is 164 Å². The topological polar surface area (TPSA) is 94.6 Å². The highest BCUT2D eigenvalue weighted by molar-refractivity contribution is 6.40. The minimum absolute atomic E-state index is 0.0749. The zero-order chi connectivity index (χ0) is 20.3. The van der Waals surface area contributed by atoms with Crippen LogP contribution in [0.5, 0.6) is 0 Å². The van der Waals surface area contributed by atoms with Gasteiger partial charge in [0.05, 0.1) is 21.5 Å². The van der Waals surface area contributed by atoms with E-state index in [4.69, 9.17) is 8.83 Å². The molecule has 0 radical (unpaired) electrons. The van der Waals surface area contributed by atoms with Gasteiger partial charge in [-0.05, 0) is 56.6 Å². The molecule has 0 aliphatic heterocycles. The van der Waals surface area contributed by atoms with Crippen molar-refractivity contribution in [2.24, 2.45) is 0 Å². The van der Waals surface area contributed by atoms with Gasteiger partial charge in [0.2, 0.25) is 0 Å². The molecule has 6 nitrogen and oxygen atoms in total. The lowest BCUT2D eigenvalue weighted by Crippen LogP contribution is -2.09. The largest absolute Gasteiger partial charge is 0.386 e. The molecule has 0 aliphatic rings. The number of hydrogen-bond acceptors (Lipinski definition) is 6. The summed E-state index contributed by atoms with van der Waals surface area (Å²) in [5.41, 5.74) is -3.27. The van der Waals surface area contributed by atoms with E-state index < -0.39 is 22.5 Å². The maximum Gasteiger partial charge on any atom is 0.346 e. The fraction of sp³-hybridized carbons (Fsp3) is 0. The molecule has 11 bridgehead atoms. The molecule has 0 saturated carbocycles. The van der Waals surface area contributed by atoms with Crippen LogP contribution in [0.25, 0.3) is 64.6 Å². The highest BCUT2D eigenvalue weighted by Crippen LogP contribution is 2.43. The number of benzene rings is 5. The van der Waals surface area contributed by atoms with Crippen LogP contribution in [0.15, 0.2) is 76.5 Å². The van der Waals surface area contributed by atoms with Crippen molar-refractivity contribution in [3.63, 3.8) is 0 Å². The third-order valence-corrected chi connectivity index (χ3v) is 6.15. The van der Waals surface area contributed by atoms with Gasteiger partial charge in [0.15, 0.2) is 0 Å². The Morgan fingerprint density at radius 3 is 1.13 bits per heavy atom. The summed E-state index contributed by atoms with van der Waals surface area (Å²) >= 11 is 0. The van der Waals surface area contributed by atoms with E-state index in [1.165, 1.54) is 0 Å². The van der Waals surface area contributed by atoms with Gasteiger partial charge < -0.3 is 8.83 Å². The molecule has 0 amide bonds. The van der Waals surface area contributed by atoms with E-state index in [0.717, 1.165) is 10.8 Å². The predicted octanol–water partition coefficient (Wildman–Crippen LogP) is 3.55. The van der Waals surface area contributed by atoms with Crippen LogP contribution in [0, 0.1) is 0 Å². The fourth-order valence-corrected chi connectivity index (χ4v) is 4.96. The van der Waals surface area contributed by atoms with E-state index in [-0.39, 0.29) is 21.5 Å². The van der Waals surface area contributed by atoms with Crippen LogP contribution < -0.4 is 22.5 Å². The Morgan fingerprint density at radius 1 is 0.333 bits per heavy atom. The van der Waals surface area contributed by atoms with Crippen molar-refractivity contribution in [1.82, 2.24) is 0 Å². The van der Waals surface area contributed by atoms with Gasteiger partial charge in [-0.15, -0.1) is 0 Å². The lowest BCUT2D eigenvalue weighted by molar-refractivity contribution is 0.490. The molecule has 5 aromatic heterocycles. The molecule has 0 N–H and O–H groups in total. The van der Waals surface area contributed by atoms with Gasteiger partial charge in [-0.25, -0.2) is 19.2 Å². The van der Waals surface area contributed by atoms with Crippen molar-refractivity contribution in [1.29, 1.82) is 0 Å². The SMILES string of the molecule is O=c1oc(=O)c2ccc3c4ccc1c1ccc5c(=O)oc(=O)c6ccc(c5c14)c3c26. The number of rotatable bonds is 0. The van der Waals surface area contributed by atoms with Gasteiger partial charge in [0.25, 0.3) is 0 Å². The Hall–Kier alpha value is -4.32. The van der Waals surface area contributed by atoms with Crippen LogP contribution in [0.4, 0.5) is 0 Å². The number of hydrogen-bond donors (Lipinski definition) is 0. The van der Waals surface area contributed by atoms with Crippen molar-refractivity contribution in [2.45, 2.75) is 0 Å². The van der Waals surface area contributed by atoms with E-state index in [9.17, 15) is 19.2 Å². The van der Waals surface area contributed by atoms with E-state index in [1.54, 1.807) is 48.5 Å². The van der Waals surface area contributed by atoms with Gasteiger partial charge in [-0.3, -0.25) is 0 Å². The molecule has 10 rings (SSSR count). The summed E-state index contributed by atoms with van der Waals surface area (Å²) in [6.45, 7) is 0. The zero-order valence-electron chi connectivity index (χ0n) is 15.1. The highest BCUT2D eigenvalue weighted by Gasteiger charge is 2.21. The summed E-state index contributed by atoms with van der Waals surface area (Å²) in [6, 6.07) is 13.2. The van der Waals surface area contributed by atoms with Crippen molar-refractivity contribution in [3.05, 3.63) is 90.2 Å². The lowest BCUT2D eigenvalue weighted by atomic mass is 9.87. The quantitative estimate of drug-likeness (QED) is 0.289. The molecule has 0 unspecified atom stereocenters. The molecule has 5 heterocycles. The molecule has 0 fully saturated rings. The van der Waals surface area contributed by atoms with Gasteiger partial charge >= 0.3 is 22.5 Å². The molecule has 6 heteroatoms. The second-order valence-electron chi connectivity index (χ2n) is 7.50. The van der Waals surface area contributed by atoms with Crippen molar-refractivity contribution in [2.75, 3.05) is 0 Å². The summed E-state index contributed by atoms with van der Waals surface area (Å²) in [4.78, 5) is 51.6. The smallest absolute Gasteiger partial charge is 0.346 e. The van der Waals surface area contributed by atoms with E-state index >= 15 is 0 Å². The Bertz CT molecular complexity index is 2080. The summed E-state index contributed by atoms with van der Waals surface area (Å²) in [5.74, 6) is 0. The Kier molecular flexibility index (Phi) is 2.50. The average molecular weight is 392 g/mol. The monoisotopic (exact) mass is 392 g/mol. The van der Waals surface area contributed by atoms with Gasteiger partial charge in [-0.2, -0.15) is 0 Å². The molecule has 0 atom stereocenters. The first-order valence-corrected chi connectivity index (χ1v) is 9.28. The second-order valence-corrected chi connectivity index (χ2v) is 7.50. The molecule has 0 saturated heterocycles. The minimum Gasteiger partial charge on any atom is -0.386 e. The van der Waals surface area contributed by atoms with Gasteiger partial charge in [0.1, 0.15) is 0 Å². The Morgan fingerprint density at radius 2 is 0.600 bits per heavy atom. The number of fused-ring (bicyclic) bond motifs is 4. The maximum absolute atomic E-state index is 13.0. The molecular weight excluding hydrogens is 384 g/mol. The van der Waals surface area contributed by atoms with Crippen LogP contribution in [0.1, 0.15) is 0 Å².